The first-order chi connectivity index (χ1) is 9.06. The zero-order valence-corrected chi connectivity index (χ0v) is 13.1. The maximum Gasteiger partial charge on any atom is 0.128 e. The third-order valence-electron chi connectivity index (χ3n) is 3.46. The van der Waals surface area contributed by atoms with Crippen LogP contribution in [0, 0.1) is 5.92 Å². The van der Waals surface area contributed by atoms with Crippen molar-refractivity contribution in [2.45, 2.75) is 53.6 Å². The minimum Gasteiger partial charge on any atom is -0.357 e. The second-order valence-electron chi connectivity index (χ2n) is 5.61. The molecule has 1 rings (SSSR count). The highest BCUT2D eigenvalue weighted by Crippen LogP contribution is 2.15. The average molecular weight is 263 g/mol. The number of aromatic nitrogens is 1. The number of anilines is 1. The van der Waals surface area contributed by atoms with Gasteiger partial charge in [-0.05, 0) is 30.5 Å². The summed E-state index contributed by atoms with van der Waals surface area (Å²) in [6, 6.07) is 4.82. The zero-order chi connectivity index (χ0) is 14.3. The Morgan fingerprint density at radius 1 is 1.26 bits per heavy atom. The molecule has 1 atom stereocenters. The predicted molar refractivity (Wildman–Crippen MR) is 83.6 cm³/mol. The van der Waals surface area contributed by atoms with Crippen molar-refractivity contribution >= 4 is 5.82 Å². The highest BCUT2D eigenvalue weighted by molar-refractivity contribution is 5.40. The van der Waals surface area contributed by atoms with Crippen molar-refractivity contribution in [2.24, 2.45) is 5.92 Å². The molecule has 3 nitrogen and oxygen atoms in total. The normalized spacial score (nSPS) is 12.7. The Bertz CT molecular complexity index is 363. The quantitative estimate of drug-likeness (QED) is 0.778. The predicted octanol–water partition coefficient (Wildman–Crippen LogP) is 3.45. The summed E-state index contributed by atoms with van der Waals surface area (Å²) < 4.78 is 0. The molecule has 0 spiro atoms. The summed E-state index contributed by atoms with van der Waals surface area (Å²) in [5.41, 5.74) is 1.31. The molecule has 0 radical (unpaired) electrons. The summed E-state index contributed by atoms with van der Waals surface area (Å²) in [5, 5.41) is 3.45. The molecule has 108 valence electrons. The van der Waals surface area contributed by atoms with Crippen LogP contribution in [0.4, 0.5) is 5.82 Å². The summed E-state index contributed by atoms with van der Waals surface area (Å²) >= 11 is 0. The van der Waals surface area contributed by atoms with Crippen LogP contribution in [0.15, 0.2) is 18.3 Å². The summed E-state index contributed by atoms with van der Waals surface area (Å²) in [5.74, 6) is 1.81. The minimum absolute atomic E-state index is 0.513. The van der Waals surface area contributed by atoms with Crippen LogP contribution >= 0.6 is 0 Å². The fraction of sp³-hybridized carbons (Fsp3) is 0.688. The molecule has 1 N–H and O–H groups in total. The van der Waals surface area contributed by atoms with Crippen LogP contribution in [-0.4, -0.2) is 24.1 Å². The number of hydrogen-bond donors (Lipinski definition) is 1. The lowest BCUT2D eigenvalue weighted by Gasteiger charge is -2.25. The van der Waals surface area contributed by atoms with Gasteiger partial charge in [0.1, 0.15) is 5.82 Å². The Balaban J connectivity index is 2.72. The molecule has 0 aliphatic carbocycles. The van der Waals surface area contributed by atoms with Crippen molar-refractivity contribution in [3.8, 4) is 0 Å². The van der Waals surface area contributed by atoms with Gasteiger partial charge in [0.2, 0.25) is 0 Å². The molecule has 1 aromatic rings. The van der Waals surface area contributed by atoms with Crippen molar-refractivity contribution in [3.63, 3.8) is 0 Å². The van der Waals surface area contributed by atoms with Gasteiger partial charge in [0.05, 0.1) is 0 Å². The summed E-state index contributed by atoms with van der Waals surface area (Å²) in [7, 11) is 0. The van der Waals surface area contributed by atoms with Gasteiger partial charge in [-0.2, -0.15) is 0 Å². The second-order valence-corrected chi connectivity index (χ2v) is 5.61. The first-order valence-corrected chi connectivity index (χ1v) is 7.50. The lowest BCUT2D eigenvalue weighted by Crippen LogP contribution is -2.29. The standard InChI is InChI=1S/C16H29N3/c1-6-14(5)12-19(7-2)16-10-15(8-9-17-16)11-18-13(3)4/h8-10,13-14,18H,6-7,11-12H2,1-5H3. The molecule has 0 bridgehead atoms. The number of nitrogens with one attached hydrogen (secondary N) is 1. The van der Waals surface area contributed by atoms with Gasteiger partial charge >= 0.3 is 0 Å². The maximum absolute atomic E-state index is 4.52. The van der Waals surface area contributed by atoms with E-state index in [-0.39, 0.29) is 0 Å². The van der Waals surface area contributed by atoms with Gasteiger partial charge in [-0.15, -0.1) is 0 Å². The van der Waals surface area contributed by atoms with E-state index in [0.29, 0.717) is 12.0 Å². The summed E-state index contributed by atoms with van der Waals surface area (Å²) in [6.07, 6.45) is 3.14. The number of pyridine rings is 1. The third-order valence-corrected chi connectivity index (χ3v) is 3.46. The SMILES string of the molecule is CCC(C)CN(CC)c1cc(CNC(C)C)ccn1. The van der Waals surface area contributed by atoms with Crippen molar-refractivity contribution in [1.29, 1.82) is 0 Å². The van der Waals surface area contributed by atoms with Gasteiger partial charge < -0.3 is 10.2 Å². The molecule has 0 aromatic carbocycles. The smallest absolute Gasteiger partial charge is 0.128 e. The molecule has 0 aliphatic rings. The molecular weight excluding hydrogens is 234 g/mol. The van der Waals surface area contributed by atoms with E-state index in [1.165, 1.54) is 12.0 Å². The van der Waals surface area contributed by atoms with Crippen LogP contribution in [0.3, 0.4) is 0 Å². The number of nitrogens with zero attached hydrogens (tertiary/aromatic N) is 2. The maximum atomic E-state index is 4.52. The highest BCUT2D eigenvalue weighted by atomic mass is 15.2. The van der Waals surface area contributed by atoms with Crippen molar-refractivity contribution in [1.82, 2.24) is 10.3 Å². The molecule has 0 saturated carbocycles. The fourth-order valence-electron chi connectivity index (χ4n) is 1.96. The molecule has 0 amide bonds. The van der Waals surface area contributed by atoms with Crippen LogP contribution in [-0.2, 0) is 6.54 Å². The van der Waals surface area contributed by atoms with Crippen LogP contribution in [0.5, 0.6) is 0 Å². The molecule has 19 heavy (non-hydrogen) atoms. The van der Waals surface area contributed by atoms with Crippen LogP contribution < -0.4 is 10.2 Å². The van der Waals surface area contributed by atoms with Crippen molar-refractivity contribution < 1.29 is 0 Å². The molecular formula is C16H29N3. The minimum atomic E-state index is 0.513. The lowest BCUT2D eigenvalue weighted by atomic mass is 10.1. The first-order valence-electron chi connectivity index (χ1n) is 7.50. The van der Waals surface area contributed by atoms with E-state index in [9.17, 15) is 0 Å². The Morgan fingerprint density at radius 2 is 2.00 bits per heavy atom. The molecule has 0 saturated heterocycles. The average Bonchev–Trinajstić information content (AvgIpc) is 2.42. The van der Waals surface area contributed by atoms with Crippen molar-refractivity contribution in [3.05, 3.63) is 23.9 Å². The van der Waals surface area contributed by atoms with E-state index in [1.807, 2.05) is 6.20 Å². The molecule has 3 heteroatoms. The molecule has 0 aliphatic heterocycles. The largest absolute Gasteiger partial charge is 0.357 e. The zero-order valence-electron chi connectivity index (χ0n) is 13.1. The van der Waals surface area contributed by atoms with E-state index < -0.39 is 0 Å². The molecule has 1 unspecified atom stereocenters. The van der Waals surface area contributed by atoms with E-state index in [4.69, 9.17) is 0 Å². The molecule has 0 fully saturated rings. The summed E-state index contributed by atoms with van der Waals surface area (Å²) in [6.45, 7) is 14.1. The lowest BCUT2D eigenvalue weighted by molar-refractivity contribution is 0.545. The first kappa shape index (κ1) is 16.0. The second kappa shape index (κ2) is 8.16. The Hall–Kier alpha value is -1.09. The monoisotopic (exact) mass is 263 g/mol. The number of rotatable bonds is 8. The van der Waals surface area contributed by atoms with Crippen LogP contribution in [0.1, 0.15) is 46.6 Å². The van der Waals surface area contributed by atoms with Gasteiger partial charge in [-0.25, -0.2) is 4.98 Å². The van der Waals surface area contributed by atoms with E-state index in [2.05, 4.69) is 62.0 Å². The Kier molecular flexibility index (Phi) is 6.85. The molecule has 1 heterocycles. The Labute approximate surface area is 118 Å². The van der Waals surface area contributed by atoms with Crippen molar-refractivity contribution in [2.75, 3.05) is 18.0 Å². The third kappa shape index (κ3) is 5.60. The van der Waals surface area contributed by atoms with Crippen LogP contribution in [0.25, 0.3) is 0 Å². The van der Waals surface area contributed by atoms with Gasteiger partial charge in [-0.1, -0.05) is 34.1 Å². The van der Waals surface area contributed by atoms with Crippen LogP contribution in [0.2, 0.25) is 0 Å². The topological polar surface area (TPSA) is 28.2 Å². The van der Waals surface area contributed by atoms with E-state index in [1.54, 1.807) is 0 Å². The van der Waals surface area contributed by atoms with Gasteiger partial charge in [0.15, 0.2) is 0 Å². The van der Waals surface area contributed by atoms with Gasteiger partial charge in [0, 0.05) is 31.9 Å². The summed E-state index contributed by atoms with van der Waals surface area (Å²) in [4.78, 5) is 6.89. The van der Waals surface area contributed by atoms with Gasteiger partial charge in [-0.3, -0.25) is 0 Å². The number of hydrogen-bond acceptors (Lipinski definition) is 3. The highest BCUT2D eigenvalue weighted by Gasteiger charge is 2.10. The molecule has 1 aromatic heterocycles. The van der Waals surface area contributed by atoms with E-state index >= 15 is 0 Å². The van der Waals surface area contributed by atoms with Gasteiger partial charge in [0.25, 0.3) is 0 Å². The van der Waals surface area contributed by atoms with E-state index in [0.717, 1.165) is 25.5 Å². The fourth-order valence-corrected chi connectivity index (χ4v) is 1.96. The Morgan fingerprint density at radius 3 is 2.58 bits per heavy atom.